The first-order valence-corrected chi connectivity index (χ1v) is 28.2. The molecule has 0 aliphatic heterocycles. The number of para-hydroxylation sites is 4. The largest absolute Gasteiger partial charge is 0.310 e. The van der Waals surface area contributed by atoms with Crippen LogP contribution in [0, 0.1) is 11.3 Å². The van der Waals surface area contributed by atoms with Gasteiger partial charge >= 0.3 is 0 Å². The quantitative estimate of drug-likeness (QED) is 0.128. The molecule has 3 aromatic heterocycles. The maximum atomic E-state index is 9.98. The molecule has 3 heterocycles. The Morgan fingerprint density at radius 2 is 0.663 bits per heavy atom. The maximum Gasteiger partial charge on any atom is 0.0991 e. The number of hydrogen-bond donors (Lipinski definition) is 0. The van der Waals surface area contributed by atoms with Gasteiger partial charge in [0.05, 0.1) is 56.1 Å². The van der Waals surface area contributed by atoms with Gasteiger partial charge in [-0.05, 0) is 167 Å². The molecule has 0 unspecified atom stereocenters. The second-order valence-corrected chi connectivity index (χ2v) is 21.6. The summed E-state index contributed by atoms with van der Waals surface area (Å²) in [5, 5.41) is 22.2. The Hall–Kier alpha value is -11.4. The third kappa shape index (κ3) is 7.08. The Labute approximate surface area is 478 Å². The van der Waals surface area contributed by atoms with Gasteiger partial charge in [0.15, 0.2) is 0 Å². The molecule has 83 heavy (non-hydrogen) atoms. The fraction of sp³-hybridized carbons (Fsp3) is 0. The second kappa shape index (κ2) is 18.3. The highest BCUT2D eigenvalue weighted by molar-refractivity contribution is 6.28. The number of hydrogen-bond acceptors (Lipinski definition) is 3. The zero-order chi connectivity index (χ0) is 54.7. The SMILES string of the molecule is N#Cc1ccc(N(c2cccc(-c3cccc(N(c4ccc(-n5c6ccccc6c6ccccc65)cc4)c4ccc5c6c4ccc4cccc(c46)n5-c4ccccc4)c3)c2)c2ccc3c4c2ccc2cccc(c24)n3-c2ccccc2)cc1. The molecule has 0 atom stereocenters. The highest BCUT2D eigenvalue weighted by Crippen LogP contribution is 2.49. The summed E-state index contributed by atoms with van der Waals surface area (Å²) in [5.41, 5.74) is 19.4. The van der Waals surface area contributed by atoms with E-state index in [1.807, 2.05) is 12.1 Å². The molecule has 386 valence electrons. The van der Waals surface area contributed by atoms with Crippen molar-refractivity contribution in [2.75, 3.05) is 9.80 Å². The lowest BCUT2D eigenvalue weighted by molar-refractivity contribution is 1.17. The molecule has 0 radical (unpaired) electrons. The number of benzene rings is 14. The van der Waals surface area contributed by atoms with Crippen LogP contribution in [-0.2, 0) is 0 Å². The minimum absolute atomic E-state index is 0.614. The summed E-state index contributed by atoms with van der Waals surface area (Å²) >= 11 is 0. The van der Waals surface area contributed by atoms with Crippen molar-refractivity contribution in [3.63, 3.8) is 0 Å². The Kier molecular flexibility index (Phi) is 10.3. The molecular weight excluding hydrogens is 1010 g/mol. The van der Waals surface area contributed by atoms with E-state index in [1.54, 1.807) is 0 Å². The molecule has 0 amide bonds. The topological polar surface area (TPSA) is 45.1 Å². The van der Waals surface area contributed by atoms with Crippen LogP contribution in [-0.4, -0.2) is 13.7 Å². The van der Waals surface area contributed by atoms with Gasteiger partial charge in [0.1, 0.15) is 0 Å². The molecule has 0 saturated carbocycles. The summed E-state index contributed by atoms with van der Waals surface area (Å²) in [6.45, 7) is 0. The minimum Gasteiger partial charge on any atom is -0.310 e. The fourth-order valence-electron chi connectivity index (χ4n) is 13.6. The van der Waals surface area contributed by atoms with Crippen LogP contribution in [0.5, 0.6) is 0 Å². The molecule has 6 heteroatoms. The number of fused-ring (bicyclic) bond motifs is 3. The van der Waals surface area contributed by atoms with Crippen molar-refractivity contribution >= 4 is 121 Å². The molecule has 0 N–H and O–H groups in total. The average Bonchev–Trinajstić information content (AvgIpc) is 2.01. The van der Waals surface area contributed by atoms with Crippen LogP contribution < -0.4 is 9.80 Å². The number of nitrogens with zero attached hydrogens (tertiary/aromatic N) is 6. The van der Waals surface area contributed by atoms with E-state index in [2.05, 4.69) is 309 Å². The highest BCUT2D eigenvalue weighted by Gasteiger charge is 2.26. The predicted molar refractivity (Wildman–Crippen MR) is 346 cm³/mol. The van der Waals surface area contributed by atoms with Crippen molar-refractivity contribution in [1.29, 1.82) is 5.26 Å². The Morgan fingerprint density at radius 3 is 1.14 bits per heavy atom. The molecule has 14 aromatic carbocycles. The lowest BCUT2D eigenvalue weighted by atomic mass is 9.98. The van der Waals surface area contributed by atoms with Crippen molar-refractivity contribution in [2.24, 2.45) is 0 Å². The van der Waals surface area contributed by atoms with Crippen LogP contribution in [0.25, 0.3) is 115 Å². The standard InChI is InChI=1S/C77H48N6/c78-49-50-31-35-57(36-32-50)79(68-43-45-72-76-64(68)41-33-51-15-13-29-70(74(51)76)82(72)55-19-3-1-4-20-55)60-23-11-17-53(47-60)54-18-12-24-61(48-54)80(58-37-39-59(40-38-58)81-66-27-9-7-25-62(66)63-26-8-10-28-67(63)81)69-44-46-73-77-65(69)42-34-52-16-14-30-71(75(52)77)83(73)56-21-5-2-6-22-56/h1-48H. The molecule has 0 bridgehead atoms. The molecule has 0 aliphatic rings. The third-order valence-corrected chi connectivity index (χ3v) is 17.1. The van der Waals surface area contributed by atoms with Gasteiger partial charge in [-0.2, -0.15) is 5.26 Å². The van der Waals surface area contributed by atoms with Gasteiger partial charge in [-0.1, -0.05) is 146 Å². The fourth-order valence-corrected chi connectivity index (χ4v) is 13.6. The molecular formula is C77H48N6. The molecule has 17 rings (SSSR count). The van der Waals surface area contributed by atoms with Crippen LogP contribution in [0.2, 0.25) is 0 Å². The Morgan fingerprint density at radius 1 is 0.265 bits per heavy atom. The number of rotatable bonds is 10. The van der Waals surface area contributed by atoms with Crippen LogP contribution in [0.1, 0.15) is 5.56 Å². The van der Waals surface area contributed by atoms with Crippen LogP contribution in [0.15, 0.2) is 291 Å². The Bertz CT molecular complexity index is 5340. The first kappa shape index (κ1) is 46.5. The van der Waals surface area contributed by atoms with Gasteiger partial charge in [-0.15, -0.1) is 0 Å². The molecule has 0 spiro atoms. The van der Waals surface area contributed by atoms with Gasteiger partial charge in [0.25, 0.3) is 0 Å². The van der Waals surface area contributed by atoms with E-state index in [0.717, 1.165) is 73.2 Å². The summed E-state index contributed by atoms with van der Waals surface area (Å²) in [7, 11) is 0. The van der Waals surface area contributed by atoms with Crippen molar-refractivity contribution in [3.8, 4) is 34.3 Å². The summed E-state index contributed by atoms with van der Waals surface area (Å²) in [5.74, 6) is 0. The van der Waals surface area contributed by atoms with E-state index in [4.69, 9.17) is 0 Å². The first-order chi connectivity index (χ1) is 41.1. The van der Waals surface area contributed by atoms with Gasteiger partial charge in [0, 0.05) is 82.9 Å². The zero-order valence-corrected chi connectivity index (χ0v) is 44.9. The van der Waals surface area contributed by atoms with Crippen LogP contribution >= 0.6 is 0 Å². The number of nitriles is 1. The Balaban J connectivity index is 0.842. The van der Waals surface area contributed by atoms with Gasteiger partial charge in [0.2, 0.25) is 0 Å². The predicted octanol–water partition coefficient (Wildman–Crippen LogP) is 20.6. The number of anilines is 6. The average molecular weight is 1060 g/mol. The van der Waals surface area contributed by atoms with E-state index in [0.29, 0.717) is 5.56 Å². The van der Waals surface area contributed by atoms with E-state index < -0.39 is 0 Å². The van der Waals surface area contributed by atoms with E-state index in [9.17, 15) is 5.26 Å². The van der Waals surface area contributed by atoms with Gasteiger partial charge in [-0.3, -0.25) is 0 Å². The van der Waals surface area contributed by atoms with Crippen molar-refractivity contribution < 1.29 is 0 Å². The van der Waals surface area contributed by atoms with Crippen molar-refractivity contribution in [2.45, 2.75) is 0 Å². The highest BCUT2D eigenvalue weighted by atomic mass is 15.2. The lowest BCUT2D eigenvalue weighted by Crippen LogP contribution is -2.11. The van der Waals surface area contributed by atoms with Gasteiger partial charge < -0.3 is 23.5 Å². The summed E-state index contributed by atoms with van der Waals surface area (Å²) in [6.07, 6.45) is 0. The van der Waals surface area contributed by atoms with Crippen LogP contribution in [0.4, 0.5) is 34.1 Å². The molecule has 0 fully saturated rings. The summed E-state index contributed by atoms with van der Waals surface area (Å²) in [6, 6.07) is 108. The van der Waals surface area contributed by atoms with E-state index in [1.165, 1.54) is 76.1 Å². The first-order valence-electron chi connectivity index (χ1n) is 28.2. The maximum absolute atomic E-state index is 9.98. The van der Waals surface area contributed by atoms with Crippen molar-refractivity contribution in [1.82, 2.24) is 13.7 Å². The molecule has 6 nitrogen and oxygen atoms in total. The number of aromatic nitrogens is 3. The van der Waals surface area contributed by atoms with Crippen LogP contribution in [0.3, 0.4) is 0 Å². The minimum atomic E-state index is 0.614. The molecule has 0 aliphatic carbocycles. The van der Waals surface area contributed by atoms with E-state index in [-0.39, 0.29) is 0 Å². The van der Waals surface area contributed by atoms with E-state index >= 15 is 0 Å². The second-order valence-electron chi connectivity index (χ2n) is 21.6. The monoisotopic (exact) mass is 1060 g/mol. The smallest absolute Gasteiger partial charge is 0.0991 e. The third-order valence-electron chi connectivity index (χ3n) is 17.1. The molecule has 0 saturated heterocycles. The summed E-state index contributed by atoms with van der Waals surface area (Å²) in [4.78, 5) is 4.79. The molecule has 17 aromatic rings. The lowest BCUT2D eigenvalue weighted by Gasteiger charge is -2.28. The zero-order valence-electron chi connectivity index (χ0n) is 44.9. The normalized spacial score (nSPS) is 11.8. The summed E-state index contributed by atoms with van der Waals surface area (Å²) < 4.78 is 7.19. The van der Waals surface area contributed by atoms with Crippen molar-refractivity contribution in [3.05, 3.63) is 297 Å². The van der Waals surface area contributed by atoms with Gasteiger partial charge in [-0.25, -0.2) is 0 Å².